The summed E-state index contributed by atoms with van der Waals surface area (Å²) in [5.41, 5.74) is 2.97. The molecule has 1 fully saturated rings. The van der Waals surface area contributed by atoms with Crippen molar-refractivity contribution in [1.29, 1.82) is 0 Å². The molecule has 0 saturated carbocycles. The highest BCUT2D eigenvalue weighted by Crippen LogP contribution is 2.26. The van der Waals surface area contributed by atoms with Crippen LogP contribution in [-0.4, -0.2) is 79.7 Å². The van der Waals surface area contributed by atoms with Crippen molar-refractivity contribution >= 4 is 39.7 Å². The lowest BCUT2D eigenvalue weighted by Gasteiger charge is -2.30. The molecule has 206 valence electrons. The van der Waals surface area contributed by atoms with Crippen LogP contribution in [0.1, 0.15) is 10.5 Å². The van der Waals surface area contributed by atoms with Gasteiger partial charge in [0.15, 0.2) is 17.5 Å². The highest BCUT2D eigenvalue weighted by molar-refractivity contribution is 7.12. The number of aryl methyl sites for hydroxylation is 1. The zero-order chi connectivity index (χ0) is 27.2. The number of imidazole rings is 1. The van der Waals surface area contributed by atoms with Crippen molar-refractivity contribution in [1.82, 2.24) is 19.4 Å². The van der Waals surface area contributed by atoms with E-state index < -0.39 is 0 Å². The van der Waals surface area contributed by atoms with Crippen LogP contribution >= 0.6 is 11.3 Å². The number of H-pyrrole nitrogens is 1. The second kappa shape index (κ2) is 12.4. The first-order valence-corrected chi connectivity index (χ1v) is 13.6. The summed E-state index contributed by atoms with van der Waals surface area (Å²) in [6, 6.07) is 7.39. The number of aromatic nitrogens is 4. The third kappa shape index (κ3) is 5.96. The number of fused-ring (bicyclic) bond motifs is 1. The number of methoxy groups -OCH3 is 1. The standard InChI is InChI=1S/C26H31N7O5S/c1-31-23-15-18(38-14-13-37-12-11-36-2)3-4-22(23)33(26(31)35)25-30-20(17-39-25)24(34)29-19-16-28-6-5-21(19)32-9-7-27-8-10-32/h3-6,15-17,27H,7-14H2,1-2H3,(H,29,34)/p+1. The number of hydrogen-bond acceptors (Lipinski definition) is 9. The molecule has 0 atom stereocenters. The Morgan fingerprint density at radius 3 is 2.79 bits per heavy atom. The quantitative estimate of drug-likeness (QED) is 0.266. The number of piperazine rings is 1. The minimum Gasteiger partial charge on any atom is -0.491 e. The van der Waals surface area contributed by atoms with Crippen LogP contribution < -0.4 is 30.9 Å². The van der Waals surface area contributed by atoms with Crippen molar-refractivity contribution in [2.24, 2.45) is 7.05 Å². The van der Waals surface area contributed by atoms with Crippen LogP contribution in [0.2, 0.25) is 0 Å². The molecule has 5 rings (SSSR count). The maximum atomic E-state index is 13.2. The molecule has 1 aliphatic heterocycles. The summed E-state index contributed by atoms with van der Waals surface area (Å²) in [6.07, 6.45) is 3.61. The molecule has 0 spiro atoms. The number of aromatic amines is 1. The molecule has 0 radical (unpaired) electrons. The highest BCUT2D eigenvalue weighted by atomic mass is 32.1. The Hall–Kier alpha value is -3.78. The van der Waals surface area contributed by atoms with Crippen LogP contribution in [0.5, 0.6) is 5.75 Å². The summed E-state index contributed by atoms with van der Waals surface area (Å²) >= 11 is 1.24. The minimum atomic E-state index is -0.342. The third-order valence-electron chi connectivity index (χ3n) is 6.42. The number of carbonyl (C=O) groups is 1. The van der Waals surface area contributed by atoms with Crippen LogP contribution in [0.4, 0.5) is 11.4 Å². The summed E-state index contributed by atoms with van der Waals surface area (Å²) in [6.45, 7) is 5.33. The Labute approximate surface area is 229 Å². The fraction of sp³-hybridized carbons (Fsp3) is 0.385. The number of benzene rings is 1. The average Bonchev–Trinajstić information content (AvgIpc) is 3.54. The zero-order valence-corrected chi connectivity index (χ0v) is 22.8. The number of rotatable bonds is 11. The molecule has 0 unspecified atom stereocenters. The molecular formula is C26H32N7O5S+. The molecule has 1 saturated heterocycles. The third-order valence-corrected chi connectivity index (χ3v) is 7.24. The first-order valence-electron chi connectivity index (χ1n) is 12.7. The molecule has 12 nitrogen and oxygen atoms in total. The summed E-state index contributed by atoms with van der Waals surface area (Å²) in [7, 11) is 3.32. The molecule has 1 amide bonds. The van der Waals surface area contributed by atoms with Gasteiger partial charge in [-0.2, -0.15) is 0 Å². The monoisotopic (exact) mass is 554 g/mol. The molecule has 1 aromatic carbocycles. The van der Waals surface area contributed by atoms with E-state index in [4.69, 9.17) is 14.2 Å². The number of ether oxygens (including phenoxy) is 3. The van der Waals surface area contributed by atoms with E-state index in [-0.39, 0.29) is 17.3 Å². The number of nitrogens with zero attached hydrogens (tertiary/aromatic N) is 4. The Bertz CT molecular complexity index is 1490. The van der Waals surface area contributed by atoms with E-state index in [0.717, 1.165) is 31.9 Å². The molecule has 1 aliphatic rings. The number of amides is 1. The molecule has 3 N–H and O–H groups in total. The molecule has 4 heterocycles. The molecule has 0 bridgehead atoms. The second-order valence-electron chi connectivity index (χ2n) is 8.93. The molecule has 4 aromatic rings. The minimum absolute atomic E-state index is 0.238. The number of pyridine rings is 1. The molecule has 0 aliphatic carbocycles. The van der Waals surface area contributed by atoms with Crippen molar-refractivity contribution < 1.29 is 24.0 Å². The fourth-order valence-electron chi connectivity index (χ4n) is 4.42. The van der Waals surface area contributed by atoms with E-state index in [9.17, 15) is 9.59 Å². The van der Waals surface area contributed by atoms with Gasteiger partial charge in [0.1, 0.15) is 23.7 Å². The van der Waals surface area contributed by atoms with Gasteiger partial charge >= 0.3 is 5.69 Å². The second-order valence-corrected chi connectivity index (χ2v) is 9.77. The van der Waals surface area contributed by atoms with Gasteiger partial charge in [0, 0.05) is 57.8 Å². The predicted octanol–water partition coefficient (Wildman–Crippen LogP) is 1.30. The fourth-order valence-corrected chi connectivity index (χ4v) is 5.23. The summed E-state index contributed by atoms with van der Waals surface area (Å²) < 4.78 is 19.2. The Balaban J connectivity index is 1.32. The van der Waals surface area contributed by atoms with Gasteiger partial charge in [-0.3, -0.25) is 9.36 Å². The Morgan fingerprint density at radius 2 is 1.97 bits per heavy atom. The van der Waals surface area contributed by atoms with E-state index in [1.807, 2.05) is 24.4 Å². The molecule has 3 aromatic heterocycles. The Kier molecular flexibility index (Phi) is 8.51. The zero-order valence-electron chi connectivity index (χ0n) is 21.9. The average molecular weight is 555 g/mol. The smallest absolute Gasteiger partial charge is 0.335 e. The van der Waals surface area contributed by atoms with Crippen molar-refractivity contribution in [2.75, 3.05) is 69.9 Å². The van der Waals surface area contributed by atoms with Crippen molar-refractivity contribution in [3.63, 3.8) is 0 Å². The molecule has 13 heteroatoms. The number of thiazole rings is 1. The van der Waals surface area contributed by atoms with Crippen molar-refractivity contribution in [2.45, 2.75) is 0 Å². The maximum absolute atomic E-state index is 13.2. The first-order chi connectivity index (χ1) is 19.1. The van der Waals surface area contributed by atoms with E-state index in [0.29, 0.717) is 54.0 Å². The van der Waals surface area contributed by atoms with Gasteiger partial charge in [-0.05, 0) is 12.1 Å². The largest absolute Gasteiger partial charge is 0.491 e. The number of nitrogens with one attached hydrogen (secondary N) is 3. The van der Waals surface area contributed by atoms with Crippen LogP contribution in [0.15, 0.2) is 46.8 Å². The lowest BCUT2D eigenvalue weighted by atomic mass is 10.2. The van der Waals surface area contributed by atoms with E-state index in [2.05, 4.69) is 25.5 Å². The van der Waals surface area contributed by atoms with E-state index in [1.165, 1.54) is 20.5 Å². The SMILES string of the molecule is COCCOCCOc1ccc2c(c1)n(C)c(=O)n2-c1nc(C(=O)Nc2c[nH+]ccc2N2CCNCC2)cs1. The summed E-state index contributed by atoms with van der Waals surface area (Å²) in [5, 5.41) is 8.39. The first kappa shape index (κ1) is 26.8. The topological polar surface area (TPSA) is 126 Å². The lowest BCUT2D eigenvalue weighted by molar-refractivity contribution is -0.376. The summed E-state index contributed by atoms with van der Waals surface area (Å²) in [4.78, 5) is 36.1. The van der Waals surface area contributed by atoms with Crippen LogP contribution in [0.3, 0.4) is 0 Å². The highest BCUT2D eigenvalue weighted by Gasteiger charge is 2.21. The van der Waals surface area contributed by atoms with Gasteiger partial charge in [0.25, 0.3) is 5.91 Å². The van der Waals surface area contributed by atoms with Gasteiger partial charge in [-0.15, -0.1) is 11.3 Å². The molecular weight excluding hydrogens is 522 g/mol. The van der Waals surface area contributed by atoms with Crippen LogP contribution in [0.25, 0.3) is 16.2 Å². The van der Waals surface area contributed by atoms with Gasteiger partial charge in [-0.25, -0.2) is 19.3 Å². The summed E-state index contributed by atoms with van der Waals surface area (Å²) in [5.74, 6) is 0.287. The number of carbonyl (C=O) groups excluding carboxylic acids is 1. The van der Waals surface area contributed by atoms with Crippen molar-refractivity contribution in [3.05, 3.63) is 58.2 Å². The van der Waals surface area contributed by atoms with Gasteiger partial charge in [0.2, 0.25) is 0 Å². The van der Waals surface area contributed by atoms with E-state index >= 15 is 0 Å². The Morgan fingerprint density at radius 1 is 1.15 bits per heavy atom. The molecule has 39 heavy (non-hydrogen) atoms. The van der Waals surface area contributed by atoms with Crippen LogP contribution in [-0.2, 0) is 16.5 Å². The lowest BCUT2D eigenvalue weighted by Crippen LogP contribution is -2.44. The van der Waals surface area contributed by atoms with Gasteiger partial charge < -0.3 is 29.7 Å². The van der Waals surface area contributed by atoms with Gasteiger partial charge in [0.05, 0.1) is 36.5 Å². The number of hydrogen-bond donors (Lipinski definition) is 2. The van der Waals surface area contributed by atoms with Gasteiger partial charge in [-0.1, -0.05) is 0 Å². The van der Waals surface area contributed by atoms with Crippen molar-refractivity contribution in [3.8, 4) is 10.9 Å². The predicted molar refractivity (Wildman–Crippen MR) is 148 cm³/mol. The van der Waals surface area contributed by atoms with Crippen LogP contribution in [0, 0.1) is 0 Å². The number of anilines is 2. The van der Waals surface area contributed by atoms with E-state index in [1.54, 1.807) is 31.8 Å². The normalized spacial score (nSPS) is 13.6. The maximum Gasteiger partial charge on any atom is 0.335 e.